The minimum atomic E-state index is -1.05. The molecule has 3 atom stereocenters. The lowest BCUT2D eigenvalue weighted by atomic mass is 9.99. The summed E-state index contributed by atoms with van der Waals surface area (Å²) in [7, 11) is 0. The zero-order chi connectivity index (χ0) is 28.9. The van der Waals surface area contributed by atoms with Gasteiger partial charge in [-0.2, -0.15) is 0 Å². The molecule has 0 saturated heterocycles. The number of hydrogen-bond donors (Lipinski definition) is 1. The number of carbonyl (C=O) groups excluding carboxylic acids is 3. The van der Waals surface area contributed by atoms with Crippen molar-refractivity contribution < 1.29 is 28.6 Å². The van der Waals surface area contributed by atoms with Crippen LogP contribution in [0.2, 0.25) is 0 Å². The number of hydrogen-bond acceptors (Lipinski definition) is 6. The van der Waals surface area contributed by atoms with E-state index in [-0.39, 0.29) is 13.2 Å². The number of amides is 1. The quantitative estimate of drug-likeness (QED) is 0.0971. The third-order valence-electron chi connectivity index (χ3n) is 6.53. The molecule has 1 aromatic rings. The normalized spacial score (nSPS) is 13.8. The van der Waals surface area contributed by atoms with E-state index in [1.54, 1.807) is 27.7 Å². The number of benzene rings is 1. The van der Waals surface area contributed by atoms with Crippen molar-refractivity contribution in [2.75, 3.05) is 6.61 Å². The summed E-state index contributed by atoms with van der Waals surface area (Å²) in [6.07, 6.45) is 13.6. The van der Waals surface area contributed by atoms with Gasteiger partial charge in [0.25, 0.3) is 0 Å². The average molecular weight is 548 g/mol. The Bertz CT molecular complexity index is 792. The molecule has 0 aliphatic carbocycles. The summed E-state index contributed by atoms with van der Waals surface area (Å²) < 4.78 is 16.8. The summed E-state index contributed by atoms with van der Waals surface area (Å²) in [5, 5.41) is 2.58. The molecule has 0 aliphatic heterocycles. The van der Waals surface area contributed by atoms with Gasteiger partial charge in [0.2, 0.25) is 0 Å². The highest BCUT2D eigenvalue weighted by atomic mass is 16.6. The molecule has 0 fully saturated rings. The van der Waals surface area contributed by atoms with Crippen molar-refractivity contribution in [2.45, 2.75) is 136 Å². The van der Waals surface area contributed by atoms with Crippen molar-refractivity contribution >= 4 is 18.3 Å². The first-order valence-corrected chi connectivity index (χ1v) is 14.9. The van der Waals surface area contributed by atoms with Gasteiger partial charge < -0.3 is 24.3 Å². The Hall–Kier alpha value is -2.41. The number of carbonyl (C=O) groups is 3. The van der Waals surface area contributed by atoms with Gasteiger partial charge in [-0.25, -0.2) is 9.59 Å². The molecule has 1 N–H and O–H groups in total. The summed E-state index contributed by atoms with van der Waals surface area (Å²) in [6, 6.07) is 8.51. The van der Waals surface area contributed by atoms with Crippen LogP contribution in [0.3, 0.4) is 0 Å². The molecule has 0 radical (unpaired) electrons. The third kappa shape index (κ3) is 17.7. The molecule has 0 spiro atoms. The fraction of sp³-hybridized carbons (Fsp3) is 0.719. The molecule has 0 bridgehead atoms. The maximum atomic E-state index is 13.1. The lowest BCUT2D eigenvalue weighted by Crippen LogP contribution is -2.48. The van der Waals surface area contributed by atoms with Crippen molar-refractivity contribution in [3.05, 3.63) is 35.9 Å². The minimum absolute atomic E-state index is 0.0758. The molecule has 1 aromatic carbocycles. The van der Waals surface area contributed by atoms with Gasteiger partial charge in [0.05, 0.1) is 13.2 Å². The first kappa shape index (κ1) is 34.6. The summed E-state index contributed by atoms with van der Waals surface area (Å²) in [6.45, 7) is 9.46. The van der Waals surface area contributed by atoms with E-state index in [1.165, 1.54) is 51.4 Å². The van der Waals surface area contributed by atoms with Crippen LogP contribution < -0.4 is 5.32 Å². The van der Waals surface area contributed by atoms with Crippen molar-refractivity contribution in [1.29, 1.82) is 0 Å². The molecule has 0 aromatic heterocycles. The van der Waals surface area contributed by atoms with E-state index in [1.807, 2.05) is 30.3 Å². The fourth-order valence-electron chi connectivity index (χ4n) is 4.25. The highest BCUT2D eigenvalue weighted by Crippen LogP contribution is 2.18. The molecule has 0 heterocycles. The monoisotopic (exact) mass is 547 g/mol. The maximum Gasteiger partial charge on any atom is 0.408 e. The molecule has 222 valence electrons. The predicted molar refractivity (Wildman–Crippen MR) is 155 cm³/mol. The van der Waals surface area contributed by atoms with Crippen LogP contribution in [-0.4, -0.2) is 42.7 Å². The molecule has 7 heteroatoms. The maximum absolute atomic E-state index is 13.1. The van der Waals surface area contributed by atoms with Gasteiger partial charge in [0.1, 0.15) is 18.0 Å². The number of aldehydes is 1. The third-order valence-corrected chi connectivity index (χ3v) is 6.53. The van der Waals surface area contributed by atoms with E-state index in [9.17, 15) is 14.4 Å². The smallest absolute Gasteiger partial charge is 0.408 e. The summed E-state index contributed by atoms with van der Waals surface area (Å²) >= 11 is 0. The number of alkyl carbamates (subject to hydrolysis) is 1. The van der Waals surface area contributed by atoms with Gasteiger partial charge in [0, 0.05) is 5.92 Å². The summed E-state index contributed by atoms with van der Waals surface area (Å²) in [4.78, 5) is 37.1. The summed E-state index contributed by atoms with van der Waals surface area (Å²) in [5.41, 5.74) is 0.235. The van der Waals surface area contributed by atoms with E-state index in [4.69, 9.17) is 14.2 Å². The van der Waals surface area contributed by atoms with Crippen LogP contribution in [-0.2, 0) is 30.4 Å². The van der Waals surface area contributed by atoms with E-state index < -0.39 is 35.7 Å². The SMILES string of the molecule is CCCCCCCCCCCCC[C@@H](OC(=O)[C@H](COCc1ccccc1)NC(=O)OC(C)(C)C)[C@H](C)C=O. The highest BCUT2D eigenvalue weighted by molar-refractivity contribution is 5.81. The Labute approximate surface area is 236 Å². The Morgan fingerprint density at radius 3 is 2.00 bits per heavy atom. The molecule has 1 amide bonds. The molecule has 0 aliphatic rings. The van der Waals surface area contributed by atoms with Crippen LogP contribution >= 0.6 is 0 Å². The van der Waals surface area contributed by atoms with E-state index in [2.05, 4.69) is 12.2 Å². The Morgan fingerprint density at radius 2 is 1.46 bits per heavy atom. The Morgan fingerprint density at radius 1 is 0.897 bits per heavy atom. The van der Waals surface area contributed by atoms with Crippen LogP contribution in [0.15, 0.2) is 30.3 Å². The summed E-state index contributed by atoms with van der Waals surface area (Å²) in [5.74, 6) is -1.07. The average Bonchev–Trinajstić information content (AvgIpc) is 2.89. The molecule has 7 nitrogen and oxygen atoms in total. The van der Waals surface area contributed by atoms with E-state index in [0.717, 1.165) is 31.1 Å². The van der Waals surface area contributed by atoms with Gasteiger partial charge in [-0.15, -0.1) is 0 Å². The molecule has 0 unspecified atom stereocenters. The number of unbranched alkanes of at least 4 members (excludes halogenated alkanes) is 10. The van der Waals surface area contributed by atoms with Crippen molar-refractivity contribution in [1.82, 2.24) is 5.32 Å². The van der Waals surface area contributed by atoms with E-state index in [0.29, 0.717) is 6.42 Å². The van der Waals surface area contributed by atoms with Crippen molar-refractivity contribution in [3.8, 4) is 0 Å². The second-order valence-corrected chi connectivity index (χ2v) is 11.5. The fourth-order valence-corrected chi connectivity index (χ4v) is 4.25. The minimum Gasteiger partial charge on any atom is -0.460 e. The Balaban J connectivity index is 2.57. The number of rotatable bonds is 21. The van der Waals surface area contributed by atoms with Crippen molar-refractivity contribution in [2.24, 2.45) is 5.92 Å². The van der Waals surface area contributed by atoms with Gasteiger partial charge in [-0.3, -0.25) is 0 Å². The lowest BCUT2D eigenvalue weighted by Gasteiger charge is -2.26. The first-order valence-electron chi connectivity index (χ1n) is 14.9. The highest BCUT2D eigenvalue weighted by Gasteiger charge is 2.29. The van der Waals surface area contributed by atoms with Crippen LogP contribution in [0.5, 0.6) is 0 Å². The van der Waals surface area contributed by atoms with E-state index >= 15 is 0 Å². The lowest BCUT2D eigenvalue weighted by molar-refractivity contribution is -0.156. The number of ether oxygens (including phenoxy) is 3. The molecular formula is C32H53NO6. The predicted octanol–water partition coefficient (Wildman–Crippen LogP) is 7.54. The topological polar surface area (TPSA) is 90.9 Å². The van der Waals surface area contributed by atoms with Crippen molar-refractivity contribution in [3.63, 3.8) is 0 Å². The van der Waals surface area contributed by atoms with Crippen LogP contribution in [0.25, 0.3) is 0 Å². The number of esters is 1. The zero-order valence-corrected chi connectivity index (χ0v) is 25.0. The second-order valence-electron chi connectivity index (χ2n) is 11.5. The Kier molecular flexibility index (Phi) is 18.2. The zero-order valence-electron chi connectivity index (χ0n) is 25.0. The standard InChI is InChI=1S/C32H53NO6/c1-6-7-8-9-10-11-12-13-14-15-19-22-29(26(2)23-34)38-30(35)28(33-31(36)39-32(3,4)5)25-37-24-27-20-17-16-18-21-27/h16-18,20-21,23,26,28-29H,6-15,19,22,24-25H2,1-5H3,(H,33,36)/t26-,28+,29-/m1/s1. The van der Waals surface area contributed by atoms with Gasteiger partial charge in [-0.1, -0.05) is 108 Å². The second kappa shape index (κ2) is 20.5. The largest absolute Gasteiger partial charge is 0.460 e. The van der Waals surface area contributed by atoms with Gasteiger partial charge in [0.15, 0.2) is 6.04 Å². The van der Waals surface area contributed by atoms with Crippen LogP contribution in [0.4, 0.5) is 4.79 Å². The molecule has 39 heavy (non-hydrogen) atoms. The van der Waals surface area contributed by atoms with Gasteiger partial charge >= 0.3 is 12.1 Å². The van der Waals surface area contributed by atoms with Crippen LogP contribution in [0, 0.1) is 5.92 Å². The number of nitrogens with one attached hydrogen (secondary N) is 1. The van der Waals surface area contributed by atoms with Crippen LogP contribution in [0.1, 0.15) is 117 Å². The first-order chi connectivity index (χ1) is 18.7. The molecular weight excluding hydrogens is 494 g/mol. The molecule has 0 saturated carbocycles. The molecule has 1 rings (SSSR count). The van der Waals surface area contributed by atoms with Gasteiger partial charge in [-0.05, 0) is 39.2 Å².